The molecule has 0 fully saturated rings. The van der Waals surface area contributed by atoms with Gasteiger partial charge in [-0.2, -0.15) is 0 Å². The minimum atomic E-state index is -0.413. The Hall–Kier alpha value is -3.28. The van der Waals surface area contributed by atoms with Gasteiger partial charge in [0.1, 0.15) is 18.0 Å². The van der Waals surface area contributed by atoms with Gasteiger partial charge in [0.15, 0.2) is 0 Å². The molecule has 0 spiro atoms. The summed E-state index contributed by atoms with van der Waals surface area (Å²) < 4.78 is 25.2. The van der Waals surface area contributed by atoms with Crippen molar-refractivity contribution in [3.8, 4) is 0 Å². The van der Waals surface area contributed by atoms with E-state index in [1.807, 2.05) is 36.4 Å². The van der Waals surface area contributed by atoms with Crippen molar-refractivity contribution < 1.29 is 18.7 Å². The first kappa shape index (κ1) is 24.8. The van der Waals surface area contributed by atoms with Gasteiger partial charge in [0.05, 0.1) is 6.61 Å². The molecule has 182 valence electrons. The number of hydrogen-bond donors (Lipinski definition) is 0. The number of benzene rings is 3. The van der Waals surface area contributed by atoms with Gasteiger partial charge in [-0.3, -0.25) is 9.69 Å². The van der Waals surface area contributed by atoms with Crippen molar-refractivity contribution in [3.05, 3.63) is 119 Å². The van der Waals surface area contributed by atoms with Gasteiger partial charge in [0.25, 0.3) is 0 Å². The van der Waals surface area contributed by atoms with Crippen LogP contribution in [0, 0.1) is 5.82 Å². The predicted molar refractivity (Wildman–Crippen MR) is 135 cm³/mol. The monoisotopic (exact) mass is 473 g/mol. The SMILES string of the molecule is CC(=O)O[C@@H](CN1CC=C(CCOC(c2ccccc2)c2ccccc2)CC1)c1ccc(F)cc1. The summed E-state index contributed by atoms with van der Waals surface area (Å²) in [5.41, 5.74) is 4.49. The third-order valence-corrected chi connectivity index (χ3v) is 6.27. The minimum absolute atomic E-state index is 0.0849. The summed E-state index contributed by atoms with van der Waals surface area (Å²) >= 11 is 0. The van der Waals surface area contributed by atoms with Gasteiger partial charge in [0.2, 0.25) is 0 Å². The largest absolute Gasteiger partial charge is 0.456 e. The molecule has 0 N–H and O–H groups in total. The quantitative estimate of drug-likeness (QED) is 0.257. The van der Waals surface area contributed by atoms with Crippen LogP contribution in [0.5, 0.6) is 0 Å². The fourth-order valence-corrected chi connectivity index (χ4v) is 4.42. The number of carbonyl (C=O) groups excluding carboxylic acids is 1. The summed E-state index contributed by atoms with van der Waals surface area (Å²) in [6, 6.07) is 26.8. The van der Waals surface area contributed by atoms with Crippen LogP contribution in [-0.4, -0.2) is 37.1 Å². The molecule has 1 atom stereocenters. The highest BCUT2D eigenvalue weighted by Crippen LogP contribution is 2.27. The van der Waals surface area contributed by atoms with E-state index in [9.17, 15) is 9.18 Å². The molecule has 0 aromatic heterocycles. The lowest BCUT2D eigenvalue weighted by Gasteiger charge is -2.30. The highest BCUT2D eigenvalue weighted by atomic mass is 19.1. The first-order valence-electron chi connectivity index (χ1n) is 12.1. The zero-order valence-electron chi connectivity index (χ0n) is 20.1. The van der Waals surface area contributed by atoms with Crippen molar-refractivity contribution in [1.29, 1.82) is 0 Å². The number of esters is 1. The summed E-state index contributed by atoms with van der Waals surface area (Å²) in [6.45, 7) is 4.30. The first-order valence-corrected chi connectivity index (χ1v) is 12.1. The lowest BCUT2D eigenvalue weighted by atomic mass is 10.0. The summed E-state index contributed by atoms with van der Waals surface area (Å²) in [4.78, 5) is 13.9. The maximum atomic E-state index is 13.3. The highest BCUT2D eigenvalue weighted by Gasteiger charge is 2.21. The second-order valence-electron chi connectivity index (χ2n) is 8.84. The van der Waals surface area contributed by atoms with Crippen molar-refractivity contribution in [3.63, 3.8) is 0 Å². The molecule has 1 heterocycles. The molecular weight excluding hydrogens is 441 g/mol. The molecular formula is C30H32FNO3. The lowest BCUT2D eigenvalue weighted by molar-refractivity contribution is -0.147. The van der Waals surface area contributed by atoms with E-state index < -0.39 is 6.10 Å². The normalized spacial score (nSPS) is 15.0. The molecule has 1 aliphatic rings. The average molecular weight is 474 g/mol. The van der Waals surface area contributed by atoms with E-state index in [0.29, 0.717) is 13.2 Å². The molecule has 3 aromatic rings. The van der Waals surface area contributed by atoms with Gasteiger partial charge in [-0.05, 0) is 41.7 Å². The van der Waals surface area contributed by atoms with E-state index in [4.69, 9.17) is 9.47 Å². The number of rotatable bonds is 10. The van der Waals surface area contributed by atoms with Crippen molar-refractivity contribution >= 4 is 5.97 Å². The topological polar surface area (TPSA) is 38.8 Å². The maximum absolute atomic E-state index is 13.3. The van der Waals surface area contributed by atoms with Crippen molar-refractivity contribution in [2.24, 2.45) is 0 Å². The van der Waals surface area contributed by atoms with Gasteiger partial charge in [-0.1, -0.05) is 84.4 Å². The Kier molecular flexibility index (Phi) is 8.82. The molecule has 4 nitrogen and oxygen atoms in total. The molecule has 4 rings (SSSR count). The van der Waals surface area contributed by atoms with Gasteiger partial charge in [-0.25, -0.2) is 4.39 Å². The summed E-state index contributed by atoms with van der Waals surface area (Å²) in [6.07, 6.45) is 3.58. The third-order valence-electron chi connectivity index (χ3n) is 6.27. The van der Waals surface area contributed by atoms with Crippen LogP contribution in [0.3, 0.4) is 0 Å². The van der Waals surface area contributed by atoms with Crippen molar-refractivity contribution in [2.45, 2.75) is 32.0 Å². The van der Waals surface area contributed by atoms with E-state index in [1.54, 1.807) is 12.1 Å². The van der Waals surface area contributed by atoms with E-state index in [1.165, 1.54) is 24.6 Å². The second kappa shape index (κ2) is 12.4. The molecule has 3 aromatic carbocycles. The van der Waals surface area contributed by atoms with Crippen LogP contribution >= 0.6 is 0 Å². The molecule has 5 heteroatoms. The van der Waals surface area contributed by atoms with Gasteiger partial charge in [-0.15, -0.1) is 0 Å². The van der Waals surface area contributed by atoms with Crippen molar-refractivity contribution in [1.82, 2.24) is 4.90 Å². The van der Waals surface area contributed by atoms with Crippen LogP contribution in [0.4, 0.5) is 4.39 Å². The first-order chi connectivity index (χ1) is 17.1. The molecule has 0 aliphatic carbocycles. The zero-order chi connectivity index (χ0) is 24.5. The molecule has 0 unspecified atom stereocenters. The Bertz CT molecular complexity index is 1060. The molecule has 35 heavy (non-hydrogen) atoms. The van der Waals surface area contributed by atoms with E-state index in [2.05, 4.69) is 35.2 Å². The Balaban J connectivity index is 1.32. The summed E-state index contributed by atoms with van der Waals surface area (Å²) in [7, 11) is 0. The van der Waals surface area contributed by atoms with Crippen LogP contribution in [0.15, 0.2) is 96.6 Å². The smallest absolute Gasteiger partial charge is 0.303 e. The van der Waals surface area contributed by atoms with Crippen LogP contribution in [0.2, 0.25) is 0 Å². The maximum Gasteiger partial charge on any atom is 0.303 e. The Labute approximate surface area is 207 Å². The molecule has 1 aliphatic heterocycles. The highest BCUT2D eigenvalue weighted by molar-refractivity contribution is 5.66. The number of carbonyl (C=O) groups is 1. The standard InChI is InChI=1S/C30H32FNO3/c1-23(33)35-29(25-12-14-28(31)15-13-25)22-32-19-16-24(17-20-32)18-21-34-30(26-8-4-2-5-9-26)27-10-6-3-7-11-27/h2-16,29-30H,17-22H2,1H3/t29-/m0/s1. The van der Waals surface area contributed by atoms with E-state index in [0.717, 1.165) is 42.6 Å². The van der Waals surface area contributed by atoms with Gasteiger partial charge >= 0.3 is 5.97 Å². The lowest BCUT2D eigenvalue weighted by Crippen LogP contribution is -2.34. The Morgan fingerprint density at radius 2 is 1.54 bits per heavy atom. The van der Waals surface area contributed by atoms with Gasteiger partial charge < -0.3 is 9.47 Å². The number of ether oxygens (including phenoxy) is 2. The third kappa shape index (κ3) is 7.35. The fourth-order valence-electron chi connectivity index (χ4n) is 4.42. The van der Waals surface area contributed by atoms with E-state index in [-0.39, 0.29) is 17.9 Å². The fraction of sp³-hybridized carbons (Fsp3) is 0.300. The molecule has 0 amide bonds. The average Bonchev–Trinajstić information content (AvgIpc) is 2.88. The minimum Gasteiger partial charge on any atom is -0.456 e. The zero-order valence-corrected chi connectivity index (χ0v) is 20.1. The van der Waals surface area contributed by atoms with Crippen molar-refractivity contribution in [2.75, 3.05) is 26.2 Å². The Morgan fingerprint density at radius 3 is 2.09 bits per heavy atom. The van der Waals surface area contributed by atoms with Crippen LogP contribution in [0.1, 0.15) is 48.7 Å². The molecule has 0 bridgehead atoms. The second-order valence-corrected chi connectivity index (χ2v) is 8.84. The number of halogens is 1. The summed E-state index contributed by atoms with van der Waals surface area (Å²) in [5.74, 6) is -0.638. The number of nitrogens with zero attached hydrogens (tertiary/aromatic N) is 1. The molecule has 0 saturated heterocycles. The van der Waals surface area contributed by atoms with E-state index >= 15 is 0 Å². The van der Waals surface area contributed by atoms with Crippen LogP contribution in [-0.2, 0) is 14.3 Å². The van der Waals surface area contributed by atoms with Crippen LogP contribution < -0.4 is 0 Å². The predicted octanol–water partition coefficient (Wildman–Crippen LogP) is 6.26. The molecule has 0 saturated carbocycles. The van der Waals surface area contributed by atoms with Crippen LogP contribution in [0.25, 0.3) is 0 Å². The Morgan fingerprint density at radius 1 is 0.914 bits per heavy atom. The van der Waals surface area contributed by atoms with Gasteiger partial charge in [0, 0.05) is 26.6 Å². The number of hydrogen-bond acceptors (Lipinski definition) is 4. The summed E-state index contributed by atoms with van der Waals surface area (Å²) in [5, 5.41) is 0. The molecule has 0 radical (unpaired) electrons.